The van der Waals surface area contributed by atoms with Crippen LogP contribution in [0.5, 0.6) is 11.5 Å². The van der Waals surface area contributed by atoms with Crippen molar-refractivity contribution >= 4 is 17.3 Å². The maximum Gasteiger partial charge on any atom is 0.347 e. The maximum absolute atomic E-state index is 11.3. The van der Waals surface area contributed by atoms with Gasteiger partial charge in [0.2, 0.25) is 0 Å². The second-order valence-electron chi connectivity index (χ2n) is 4.79. The highest BCUT2D eigenvalue weighted by atomic mass is 32.1. The fourth-order valence-corrected chi connectivity index (χ4v) is 3.20. The molecule has 1 N–H and O–H groups in total. The van der Waals surface area contributed by atoms with E-state index in [1.807, 2.05) is 25.1 Å². The highest BCUT2D eigenvalue weighted by Gasteiger charge is 2.18. The first-order valence-corrected chi connectivity index (χ1v) is 7.83. The molecule has 0 radical (unpaired) electrons. The molecule has 0 saturated carbocycles. The number of carbonyl (C=O) groups is 1. The third-order valence-corrected chi connectivity index (χ3v) is 4.34. The van der Waals surface area contributed by atoms with Crippen LogP contribution >= 0.6 is 11.3 Å². The second kappa shape index (κ2) is 7.26. The smallest absolute Gasteiger partial charge is 0.347 e. The predicted octanol–water partition coefficient (Wildman–Crippen LogP) is 3.40. The fourth-order valence-electron chi connectivity index (χ4n) is 2.23. The van der Waals surface area contributed by atoms with Crippen LogP contribution in [0.4, 0.5) is 0 Å². The average molecular weight is 321 g/mol. The first-order chi connectivity index (χ1) is 10.6. The van der Waals surface area contributed by atoms with Crippen LogP contribution < -0.4 is 9.47 Å². The number of benzene rings is 1. The van der Waals surface area contributed by atoms with Crippen LogP contribution in [0, 0.1) is 0 Å². The summed E-state index contributed by atoms with van der Waals surface area (Å²) in [6, 6.07) is 5.56. The molecule has 2 aromatic rings. The first-order valence-electron chi connectivity index (χ1n) is 7.01. The average Bonchev–Trinajstić information content (AvgIpc) is 2.90. The fraction of sp³-hybridized carbons (Fsp3) is 0.375. The zero-order valence-corrected chi connectivity index (χ0v) is 13.7. The Labute approximate surface area is 133 Å². The monoisotopic (exact) mass is 321 g/mol. The van der Waals surface area contributed by atoms with Gasteiger partial charge in [0.1, 0.15) is 16.4 Å². The third-order valence-electron chi connectivity index (χ3n) is 3.25. The highest BCUT2D eigenvalue weighted by Crippen LogP contribution is 2.29. The number of carboxylic acids is 1. The van der Waals surface area contributed by atoms with E-state index in [0.717, 1.165) is 28.5 Å². The van der Waals surface area contributed by atoms with Crippen LogP contribution in [0.1, 0.15) is 39.3 Å². The van der Waals surface area contributed by atoms with Gasteiger partial charge in [-0.1, -0.05) is 13.3 Å². The van der Waals surface area contributed by atoms with Crippen LogP contribution in [0.2, 0.25) is 0 Å². The molecule has 6 heteroatoms. The van der Waals surface area contributed by atoms with Crippen molar-refractivity contribution in [3.8, 4) is 11.5 Å². The van der Waals surface area contributed by atoms with Gasteiger partial charge in [-0.05, 0) is 24.6 Å². The molecular weight excluding hydrogens is 302 g/mol. The van der Waals surface area contributed by atoms with E-state index < -0.39 is 5.97 Å². The first kappa shape index (κ1) is 16.3. The molecule has 1 aromatic carbocycles. The van der Waals surface area contributed by atoms with Crippen molar-refractivity contribution in [2.24, 2.45) is 0 Å². The summed E-state index contributed by atoms with van der Waals surface area (Å²) in [5, 5.41) is 10.1. The Morgan fingerprint density at radius 3 is 2.68 bits per heavy atom. The van der Waals surface area contributed by atoms with E-state index in [-0.39, 0.29) is 0 Å². The van der Waals surface area contributed by atoms with E-state index >= 15 is 0 Å². The molecule has 1 heterocycles. The number of aromatic nitrogens is 1. The number of aromatic carboxylic acids is 1. The lowest BCUT2D eigenvalue weighted by molar-refractivity contribution is 0.0700. The summed E-state index contributed by atoms with van der Waals surface area (Å²) >= 11 is 1.23. The molecule has 0 unspecified atom stereocenters. The molecule has 2 rings (SSSR count). The Balaban J connectivity index is 2.34. The van der Waals surface area contributed by atoms with Gasteiger partial charge in [-0.3, -0.25) is 0 Å². The molecule has 0 atom stereocenters. The number of carboxylic acid groups (broad SMARTS) is 1. The largest absolute Gasteiger partial charge is 0.497 e. The van der Waals surface area contributed by atoms with E-state index in [4.69, 9.17) is 9.47 Å². The van der Waals surface area contributed by atoms with Gasteiger partial charge in [0.25, 0.3) is 0 Å². The number of hydrogen-bond acceptors (Lipinski definition) is 5. The number of hydrogen-bond donors (Lipinski definition) is 1. The third kappa shape index (κ3) is 3.57. The van der Waals surface area contributed by atoms with Crippen LogP contribution in [0.3, 0.4) is 0 Å². The van der Waals surface area contributed by atoms with E-state index in [0.29, 0.717) is 23.4 Å². The molecule has 0 fully saturated rings. The van der Waals surface area contributed by atoms with Crippen LogP contribution in [-0.4, -0.2) is 30.3 Å². The number of aryl methyl sites for hydroxylation is 1. The molecule has 5 nitrogen and oxygen atoms in total. The molecule has 0 spiro atoms. The lowest BCUT2D eigenvalue weighted by Crippen LogP contribution is -1.98. The number of methoxy groups -OCH3 is 2. The molecule has 0 aliphatic rings. The lowest BCUT2D eigenvalue weighted by atomic mass is 10.1. The zero-order valence-electron chi connectivity index (χ0n) is 12.9. The van der Waals surface area contributed by atoms with Crippen molar-refractivity contribution in [2.75, 3.05) is 14.2 Å². The van der Waals surface area contributed by atoms with Crippen molar-refractivity contribution < 1.29 is 19.4 Å². The van der Waals surface area contributed by atoms with Gasteiger partial charge in [-0.2, -0.15) is 0 Å². The minimum atomic E-state index is -0.912. The van der Waals surface area contributed by atoms with E-state index in [9.17, 15) is 9.90 Å². The zero-order chi connectivity index (χ0) is 16.1. The molecule has 0 aliphatic carbocycles. The molecule has 0 amide bonds. The predicted molar refractivity (Wildman–Crippen MR) is 85.4 cm³/mol. The quantitative estimate of drug-likeness (QED) is 0.846. The molecule has 0 bridgehead atoms. The van der Waals surface area contributed by atoms with Gasteiger partial charge < -0.3 is 14.6 Å². The summed E-state index contributed by atoms with van der Waals surface area (Å²) < 4.78 is 10.6. The summed E-state index contributed by atoms with van der Waals surface area (Å²) in [5.41, 5.74) is 1.59. The van der Waals surface area contributed by atoms with Crippen molar-refractivity contribution in [1.29, 1.82) is 0 Å². The SMILES string of the molecule is CCCc1nc(Cc2cc(OC)ccc2OC)sc1C(=O)O. The van der Waals surface area contributed by atoms with E-state index in [1.165, 1.54) is 11.3 Å². The molecule has 22 heavy (non-hydrogen) atoms. The highest BCUT2D eigenvalue weighted by molar-refractivity contribution is 7.13. The van der Waals surface area contributed by atoms with Crippen molar-refractivity contribution in [2.45, 2.75) is 26.2 Å². The lowest BCUT2D eigenvalue weighted by Gasteiger charge is -2.09. The van der Waals surface area contributed by atoms with Gasteiger partial charge >= 0.3 is 5.97 Å². The second-order valence-corrected chi connectivity index (χ2v) is 5.88. The molecule has 118 valence electrons. The van der Waals surface area contributed by atoms with Crippen molar-refractivity contribution in [3.63, 3.8) is 0 Å². The molecule has 0 saturated heterocycles. The summed E-state index contributed by atoms with van der Waals surface area (Å²) in [5.74, 6) is 0.564. The van der Waals surface area contributed by atoms with Crippen LogP contribution in [0.25, 0.3) is 0 Å². The van der Waals surface area contributed by atoms with Gasteiger partial charge in [0.15, 0.2) is 0 Å². The molecule has 0 aliphatic heterocycles. The van der Waals surface area contributed by atoms with Crippen LogP contribution in [-0.2, 0) is 12.8 Å². The van der Waals surface area contributed by atoms with Crippen LogP contribution in [0.15, 0.2) is 18.2 Å². The minimum Gasteiger partial charge on any atom is -0.497 e. The van der Waals surface area contributed by atoms with E-state index in [1.54, 1.807) is 14.2 Å². The van der Waals surface area contributed by atoms with Gasteiger partial charge in [-0.15, -0.1) is 11.3 Å². The molecular formula is C16H19NO4S. The topological polar surface area (TPSA) is 68.7 Å². The number of rotatable bonds is 7. The Kier molecular flexibility index (Phi) is 5.38. The van der Waals surface area contributed by atoms with Crippen molar-refractivity contribution in [3.05, 3.63) is 39.3 Å². The Morgan fingerprint density at radius 2 is 2.09 bits per heavy atom. The number of thiazole rings is 1. The maximum atomic E-state index is 11.3. The summed E-state index contributed by atoms with van der Waals surface area (Å²) in [7, 11) is 3.22. The van der Waals surface area contributed by atoms with Gasteiger partial charge in [-0.25, -0.2) is 9.78 Å². The Bertz CT molecular complexity index is 666. The van der Waals surface area contributed by atoms with Gasteiger partial charge in [0.05, 0.1) is 24.9 Å². The number of ether oxygens (including phenoxy) is 2. The molecule has 1 aromatic heterocycles. The minimum absolute atomic E-state index is 0.332. The van der Waals surface area contributed by atoms with E-state index in [2.05, 4.69) is 4.98 Å². The van der Waals surface area contributed by atoms with Gasteiger partial charge in [0, 0.05) is 12.0 Å². The Morgan fingerprint density at radius 1 is 1.32 bits per heavy atom. The summed E-state index contributed by atoms with van der Waals surface area (Å²) in [6.07, 6.45) is 2.06. The van der Waals surface area contributed by atoms with Crippen molar-refractivity contribution in [1.82, 2.24) is 4.98 Å². The normalized spacial score (nSPS) is 10.5. The Hall–Kier alpha value is -2.08. The summed E-state index contributed by atoms with van der Waals surface area (Å²) in [4.78, 5) is 16.1. The number of nitrogens with zero attached hydrogens (tertiary/aromatic N) is 1. The standard InChI is InChI=1S/C16H19NO4S/c1-4-5-12-15(16(18)19)22-14(17-12)9-10-8-11(20-2)6-7-13(10)21-3/h6-8H,4-5,9H2,1-3H3,(H,18,19). The summed E-state index contributed by atoms with van der Waals surface area (Å²) in [6.45, 7) is 2.01.